The van der Waals surface area contributed by atoms with E-state index in [0.717, 1.165) is 0 Å². The molecule has 0 radical (unpaired) electrons. The van der Waals surface area contributed by atoms with Gasteiger partial charge in [-0.05, 0) is 25.1 Å². The van der Waals surface area contributed by atoms with Crippen molar-refractivity contribution in [3.05, 3.63) is 36.4 Å². The molecule has 126 valence electrons. The minimum Gasteiger partial charge on any atom is -0.497 e. The fraction of sp³-hybridized carbons (Fsp3) is 0.412. The smallest absolute Gasteiger partial charge is 0.307 e. The lowest BCUT2D eigenvalue weighted by atomic mass is 10.00. The molecular formula is C17H23NO5. The summed E-state index contributed by atoms with van der Waals surface area (Å²) >= 11 is 0. The Morgan fingerprint density at radius 2 is 2.04 bits per heavy atom. The van der Waals surface area contributed by atoms with Gasteiger partial charge in [-0.3, -0.25) is 9.59 Å². The number of carbonyl (C=O) groups is 2. The molecule has 23 heavy (non-hydrogen) atoms. The molecule has 0 aliphatic rings. The molecule has 0 aromatic heterocycles. The molecule has 0 bridgehead atoms. The number of carbonyl (C=O) groups excluding carboxylic acids is 2. The molecule has 0 amide bonds. The standard InChI is InChI=1S/C17H23NO5/c1-5-9-18-14(11-16(19)23-6-2)17(20)13-10-12(21-3)7-8-15(13)22-4/h5,7-8,10,14,18H,1,6,9,11H2,2-4H3. The summed E-state index contributed by atoms with van der Waals surface area (Å²) in [6.07, 6.45) is 1.55. The predicted octanol–water partition coefficient (Wildman–Crippen LogP) is 1.98. The van der Waals surface area contributed by atoms with E-state index in [2.05, 4.69) is 11.9 Å². The molecule has 1 rings (SSSR count). The van der Waals surface area contributed by atoms with Gasteiger partial charge >= 0.3 is 5.97 Å². The van der Waals surface area contributed by atoms with Gasteiger partial charge in [-0.25, -0.2) is 0 Å². The van der Waals surface area contributed by atoms with Gasteiger partial charge in [0.15, 0.2) is 5.78 Å². The highest BCUT2D eigenvalue weighted by Gasteiger charge is 2.26. The van der Waals surface area contributed by atoms with Crippen molar-refractivity contribution in [2.45, 2.75) is 19.4 Å². The zero-order valence-electron chi connectivity index (χ0n) is 13.8. The zero-order chi connectivity index (χ0) is 17.2. The lowest BCUT2D eigenvalue weighted by molar-refractivity contribution is -0.143. The van der Waals surface area contributed by atoms with E-state index in [1.54, 1.807) is 31.2 Å². The molecule has 6 heteroatoms. The Hall–Kier alpha value is -2.34. The second kappa shape index (κ2) is 9.63. The van der Waals surface area contributed by atoms with Crippen molar-refractivity contribution in [1.29, 1.82) is 0 Å². The lowest BCUT2D eigenvalue weighted by Crippen LogP contribution is -2.39. The number of nitrogens with one attached hydrogen (secondary N) is 1. The Kier molecular flexibility index (Phi) is 7.83. The van der Waals surface area contributed by atoms with Gasteiger partial charge < -0.3 is 19.5 Å². The Morgan fingerprint density at radius 1 is 1.30 bits per heavy atom. The number of ketones is 1. The van der Waals surface area contributed by atoms with Gasteiger partial charge in [-0.1, -0.05) is 6.08 Å². The van der Waals surface area contributed by atoms with Crippen LogP contribution in [0.5, 0.6) is 11.5 Å². The summed E-state index contributed by atoms with van der Waals surface area (Å²) in [4.78, 5) is 24.5. The third-order valence-corrected chi connectivity index (χ3v) is 3.17. The Morgan fingerprint density at radius 3 is 2.61 bits per heavy atom. The molecule has 0 fully saturated rings. The normalized spacial score (nSPS) is 11.4. The lowest BCUT2D eigenvalue weighted by Gasteiger charge is -2.18. The van der Waals surface area contributed by atoms with Crippen LogP contribution in [0.15, 0.2) is 30.9 Å². The SMILES string of the molecule is C=CCNC(CC(=O)OCC)C(=O)c1cc(OC)ccc1OC. The summed E-state index contributed by atoms with van der Waals surface area (Å²) in [5.41, 5.74) is 0.345. The molecule has 1 aromatic carbocycles. The average molecular weight is 321 g/mol. The first-order valence-electron chi connectivity index (χ1n) is 7.33. The van der Waals surface area contributed by atoms with E-state index in [0.29, 0.717) is 23.6 Å². The van der Waals surface area contributed by atoms with E-state index in [1.807, 2.05) is 0 Å². The van der Waals surface area contributed by atoms with Crippen LogP contribution in [0.3, 0.4) is 0 Å². The number of hydrogen-bond donors (Lipinski definition) is 1. The highest BCUT2D eigenvalue weighted by atomic mass is 16.5. The van der Waals surface area contributed by atoms with Crippen LogP contribution in [0.25, 0.3) is 0 Å². The number of hydrogen-bond acceptors (Lipinski definition) is 6. The van der Waals surface area contributed by atoms with Crippen molar-refractivity contribution in [1.82, 2.24) is 5.32 Å². The molecule has 0 saturated carbocycles. The minimum absolute atomic E-state index is 0.0686. The number of benzene rings is 1. The maximum atomic E-state index is 12.8. The minimum atomic E-state index is -0.729. The Balaban J connectivity index is 3.07. The van der Waals surface area contributed by atoms with Crippen molar-refractivity contribution in [2.75, 3.05) is 27.4 Å². The van der Waals surface area contributed by atoms with Gasteiger partial charge in [-0.15, -0.1) is 6.58 Å². The first-order valence-corrected chi connectivity index (χ1v) is 7.33. The average Bonchev–Trinajstić information content (AvgIpc) is 2.57. The third-order valence-electron chi connectivity index (χ3n) is 3.17. The summed E-state index contributed by atoms with van der Waals surface area (Å²) in [6.45, 7) is 5.98. The van der Waals surface area contributed by atoms with Crippen LogP contribution in [0.2, 0.25) is 0 Å². The van der Waals surface area contributed by atoms with Crippen molar-refractivity contribution in [3.8, 4) is 11.5 Å². The summed E-state index contributed by atoms with van der Waals surface area (Å²) in [6, 6.07) is 4.22. The highest BCUT2D eigenvalue weighted by molar-refractivity contribution is 6.04. The first-order chi connectivity index (χ1) is 11.1. The molecule has 0 heterocycles. The monoisotopic (exact) mass is 321 g/mol. The number of methoxy groups -OCH3 is 2. The van der Waals surface area contributed by atoms with Crippen molar-refractivity contribution in [3.63, 3.8) is 0 Å². The van der Waals surface area contributed by atoms with Crippen LogP contribution >= 0.6 is 0 Å². The largest absolute Gasteiger partial charge is 0.497 e. The summed E-state index contributed by atoms with van der Waals surface area (Å²) < 4.78 is 15.3. The summed E-state index contributed by atoms with van der Waals surface area (Å²) in [7, 11) is 3.00. The van der Waals surface area contributed by atoms with Gasteiger partial charge in [0.25, 0.3) is 0 Å². The predicted molar refractivity (Wildman–Crippen MR) is 87.1 cm³/mol. The number of ether oxygens (including phenoxy) is 3. The van der Waals surface area contributed by atoms with Crippen LogP contribution < -0.4 is 14.8 Å². The van der Waals surface area contributed by atoms with Gasteiger partial charge in [-0.2, -0.15) is 0 Å². The first kappa shape index (κ1) is 18.7. The number of esters is 1. The molecule has 1 N–H and O–H groups in total. The summed E-state index contributed by atoms with van der Waals surface area (Å²) in [5.74, 6) is 0.248. The Labute approximate surface area is 136 Å². The van der Waals surface area contributed by atoms with E-state index in [4.69, 9.17) is 14.2 Å². The van der Waals surface area contributed by atoms with Crippen LogP contribution in [-0.4, -0.2) is 45.2 Å². The zero-order valence-corrected chi connectivity index (χ0v) is 13.8. The number of rotatable bonds is 10. The van der Waals surface area contributed by atoms with E-state index in [-0.39, 0.29) is 18.8 Å². The van der Waals surface area contributed by atoms with E-state index in [9.17, 15) is 9.59 Å². The quantitative estimate of drug-likeness (QED) is 0.403. The van der Waals surface area contributed by atoms with E-state index >= 15 is 0 Å². The fourth-order valence-electron chi connectivity index (χ4n) is 2.06. The highest BCUT2D eigenvalue weighted by Crippen LogP contribution is 2.25. The van der Waals surface area contributed by atoms with Gasteiger partial charge in [0.2, 0.25) is 0 Å². The van der Waals surface area contributed by atoms with Crippen LogP contribution in [-0.2, 0) is 9.53 Å². The molecule has 6 nitrogen and oxygen atoms in total. The van der Waals surface area contributed by atoms with Crippen LogP contribution in [0, 0.1) is 0 Å². The maximum Gasteiger partial charge on any atom is 0.307 e. The Bertz CT molecular complexity index is 556. The van der Waals surface area contributed by atoms with Gasteiger partial charge in [0.05, 0.1) is 38.9 Å². The van der Waals surface area contributed by atoms with Crippen molar-refractivity contribution in [2.24, 2.45) is 0 Å². The van der Waals surface area contributed by atoms with Crippen LogP contribution in [0.1, 0.15) is 23.7 Å². The molecule has 1 unspecified atom stereocenters. The number of Topliss-reactive ketones (excluding diaryl/α,β-unsaturated/α-hetero) is 1. The molecule has 0 aliphatic heterocycles. The van der Waals surface area contributed by atoms with Crippen molar-refractivity contribution < 1.29 is 23.8 Å². The third kappa shape index (κ3) is 5.41. The topological polar surface area (TPSA) is 73.9 Å². The molecule has 1 aromatic rings. The maximum absolute atomic E-state index is 12.8. The molecule has 0 aliphatic carbocycles. The molecule has 0 spiro atoms. The van der Waals surface area contributed by atoms with Crippen molar-refractivity contribution >= 4 is 11.8 Å². The molecular weight excluding hydrogens is 298 g/mol. The van der Waals surface area contributed by atoms with Gasteiger partial charge in [0.1, 0.15) is 11.5 Å². The van der Waals surface area contributed by atoms with Gasteiger partial charge in [0, 0.05) is 6.54 Å². The van der Waals surface area contributed by atoms with E-state index in [1.165, 1.54) is 14.2 Å². The van der Waals surface area contributed by atoms with E-state index < -0.39 is 12.0 Å². The van der Waals surface area contributed by atoms with Crippen LogP contribution in [0.4, 0.5) is 0 Å². The fourth-order valence-corrected chi connectivity index (χ4v) is 2.06. The molecule has 0 saturated heterocycles. The summed E-state index contributed by atoms with van der Waals surface area (Å²) in [5, 5.41) is 2.98. The molecule has 1 atom stereocenters. The second-order valence-electron chi connectivity index (χ2n) is 4.69. The second-order valence-corrected chi connectivity index (χ2v) is 4.69.